The molecule has 1 amide bonds. The molecule has 0 aliphatic heterocycles. The van der Waals surface area contributed by atoms with Crippen molar-refractivity contribution in [3.63, 3.8) is 0 Å². The minimum atomic E-state index is -0.197. The van der Waals surface area contributed by atoms with Gasteiger partial charge in [-0.25, -0.2) is 4.68 Å². The van der Waals surface area contributed by atoms with Gasteiger partial charge < -0.3 is 5.32 Å². The topological polar surface area (TPSA) is 101 Å². The lowest BCUT2D eigenvalue weighted by atomic mass is 10.3. The molecule has 0 spiro atoms. The van der Waals surface area contributed by atoms with Gasteiger partial charge in [-0.15, -0.1) is 16.4 Å². The van der Waals surface area contributed by atoms with E-state index in [0.717, 1.165) is 15.7 Å². The second-order valence-electron chi connectivity index (χ2n) is 4.77. The molecule has 0 saturated heterocycles. The fourth-order valence-corrected chi connectivity index (χ4v) is 3.42. The van der Waals surface area contributed by atoms with E-state index in [1.54, 1.807) is 29.1 Å². The number of rotatable bonds is 6. The van der Waals surface area contributed by atoms with Crippen LogP contribution < -0.4 is 5.32 Å². The van der Waals surface area contributed by atoms with E-state index in [4.69, 9.17) is 0 Å². The van der Waals surface area contributed by atoms with Gasteiger partial charge in [-0.2, -0.15) is 5.10 Å². The molecule has 0 radical (unpaired) electrons. The zero-order valence-corrected chi connectivity index (χ0v) is 14.2. The first-order chi connectivity index (χ1) is 11.1. The summed E-state index contributed by atoms with van der Waals surface area (Å²) < 4.78 is 1.59. The number of carbonyl (C=O) groups excluding carboxylic acids is 1. The molecule has 0 unspecified atom stereocenters. The zero-order chi connectivity index (χ0) is 16.2. The number of hydrogen-bond acceptors (Lipinski definition) is 7. The third kappa shape index (κ3) is 3.77. The van der Waals surface area contributed by atoms with Crippen LogP contribution in [-0.2, 0) is 7.05 Å². The number of aryl methyl sites for hydroxylation is 2. The number of H-pyrrole nitrogens is 1. The lowest BCUT2D eigenvalue weighted by Crippen LogP contribution is -2.26. The van der Waals surface area contributed by atoms with Crippen LogP contribution in [0.5, 0.6) is 0 Å². The maximum Gasteiger partial charge on any atom is 0.271 e. The smallest absolute Gasteiger partial charge is 0.271 e. The molecule has 8 nitrogen and oxygen atoms in total. The van der Waals surface area contributed by atoms with Gasteiger partial charge in [-0.3, -0.25) is 9.89 Å². The molecule has 3 rings (SSSR count). The average Bonchev–Trinajstić information content (AvgIpc) is 3.24. The van der Waals surface area contributed by atoms with Crippen LogP contribution in [0.4, 0.5) is 0 Å². The van der Waals surface area contributed by atoms with E-state index in [1.165, 1.54) is 16.6 Å². The number of aromatic nitrogens is 6. The van der Waals surface area contributed by atoms with Crippen LogP contribution in [0.15, 0.2) is 23.4 Å². The molecule has 120 valence electrons. The van der Waals surface area contributed by atoms with Gasteiger partial charge in [-0.05, 0) is 35.5 Å². The van der Waals surface area contributed by atoms with Crippen molar-refractivity contribution in [2.45, 2.75) is 12.1 Å². The number of aromatic amines is 1. The molecule has 2 N–H and O–H groups in total. The normalized spacial score (nSPS) is 10.9. The number of hydrogen-bond donors (Lipinski definition) is 2. The Morgan fingerprint density at radius 2 is 2.35 bits per heavy atom. The summed E-state index contributed by atoms with van der Waals surface area (Å²) in [5.41, 5.74) is 1.24. The lowest BCUT2D eigenvalue weighted by molar-refractivity contribution is 0.0951. The lowest BCUT2D eigenvalue weighted by Gasteiger charge is -2.01. The fraction of sp³-hybridized carbons (Fsp3) is 0.308. The van der Waals surface area contributed by atoms with Gasteiger partial charge in [0.1, 0.15) is 0 Å². The van der Waals surface area contributed by atoms with E-state index in [0.29, 0.717) is 18.0 Å². The molecule has 0 saturated carbocycles. The molecule has 3 aromatic heterocycles. The highest BCUT2D eigenvalue weighted by Crippen LogP contribution is 2.26. The number of carbonyl (C=O) groups is 1. The highest BCUT2D eigenvalue weighted by Gasteiger charge is 2.12. The molecule has 10 heteroatoms. The van der Waals surface area contributed by atoms with Crippen molar-refractivity contribution in [3.05, 3.63) is 28.8 Å². The first-order valence-electron chi connectivity index (χ1n) is 6.89. The third-order valence-electron chi connectivity index (χ3n) is 3.02. The Balaban J connectivity index is 1.51. The van der Waals surface area contributed by atoms with Crippen LogP contribution in [0.2, 0.25) is 0 Å². The van der Waals surface area contributed by atoms with Crippen LogP contribution in [0.1, 0.15) is 15.4 Å². The molecular formula is C13H15N7OS2. The number of thiophene rings is 1. The number of nitrogens with zero attached hydrogens (tertiary/aromatic N) is 5. The summed E-state index contributed by atoms with van der Waals surface area (Å²) in [6, 6.07) is 5.82. The predicted molar refractivity (Wildman–Crippen MR) is 88.5 cm³/mol. The summed E-state index contributed by atoms with van der Waals surface area (Å²) in [5, 5.41) is 21.7. The van der Waals surface area contributed by atoms with Gasteiger partial charge in [0.25, 0.3) is 5.91 Å². The molecule has 0 aliphatic carbocycles. The minimum Gasteiger partial charge on any atom is -0.350 e. The van der Waals surface area contributed by atoms with Gasteiger partial charge in [-0.1, -0.05) is 11.8 Å². The Bertz CT molecular complexity index is 807. The fourth-order valence-electron chi connectivity index (χ4n) is 1.88. The van der Waals surface area contributed by atoms with E-state index >= 15 is 0 Å². The first-order valence-corrected chi connectivity index (χ1v) is 8.69. The summed E-state index contributed by atoms with van der Waals surface area (Å²) in [6.45, 7) is 2.55. The van der Waals surface area contributed by atoms with E-state index in [1.807, 2.05) is 19.1 Å². The van der Waals surface area contributed by atoms with Crippen molar-refractivity contribution in [1.29, 1.82) is 0 Å². The summed E-state index contributed by atoms with van der Waals surface area (Å²) in [5.74, 6) is 0.485. The Labute approximate surface area is 140 Å². The van der Waals surface area contributed by atoms with Gasteiger partial charge >= 0.3 is 0 Å². The van der Waals surface area contributed by atoms with Crippen molar-refractivity contribution in [2.75, 3.05) is 12.3 Å². The molecule has 0 aromatic carbocycles. The number of nitrogens with one attached hydrogen (secondary N) is 2. The number of tetrazole rings is 1. The van der Waals surface area contributed by atoms with Gasteiger partial charge in [0.2, 0.25) is 5.16 Å². The predicted octanol–water partition coefficient (Wildman–Crippen LogP) is 1.49. The third-order valence-corrected chi connectivity index (χ3v) is 5.06. The van der Waals surface area contributed by atoms with Crippen molar-refractivity contribution >= 4 is 29.0 Å². The van der Waals surface area contributed by atoms with E-state index in [2.05, 4.69) is 31.0 Å². The Kier molecular flexibility index (Phi) is 4.72. The second kappa shape index (κ2) is 6.92. The standard InChI is InChI=1S/C13H15N7OS2/c1-8-3-4-11(23-8)9-7-10(16-15-9)12(21)14-5-6-22-13-17-18-19-20(13)2/h3-4,7H,5-6H2,1-2H3,(H,14,21)(H,15,16). The zero-order valence-electron chi connectivity index (χ0n) is 12.6. The molecule has 0 fully saturated rings. The largest absolute Gasteiger partial charge is 0.350 e. The quantitative estimate of drug-likeness (QED) is 0.516. The Hall–Kier alpha value is -2.20. The molecule has 23 heavy (non-hydrogen) atoms. The molecule has 3 aromatic rings. The van der Waals surface area contributed by atoms with Crippen LogP contribution in [0.25, 0.3) is 10.6 Å². The summed E-state index contributed by atoms with van der Waals surface area (Å²) in [6.07, 6.45) is 0. The molecule has 0 aliphatic rings. The van der Waals surface area contributed by atoms with E-state index in [9.17, 15) is 4.79 Å². The highest BCUT2D eigenvalue weighted by molar-refractivity contribution is 7.99. The number of thioether (sulfide) groups is 1. The number of amides is 1. The Morgan fingerprint density at radius 1 is 1.48 bits per heavy atom. The Morgan fingerprint density at radius 3 is 3.04 bits per heavy atom. The van der Waals surface area contributed by atoms with Gasteiger partial charge in [0.05, 0.1) is 10.6 Å². The monoisotopic (exact) mass is 349 g/mol. The molecule has 0 atom stereocenters. The van der Waals surface area contributed by atoms with Crippen LogP contribution in [-0.4, -0.2) is 48.6 Å². The van der Waals surface area contributed by atoms with Gasteiger partial charge in [0, 0.05) is 24.2 Å². The van der Waals surface area contributed by atoms with Crippen molar-refractivity contribution < 1.29 is 4.79 Å². The highest BCUT2D eigenvalue weighted by atomic mass is 32.2. The van der Waals surface area contributed by atoms with E-state index < -0.39 is 0 Å². The van der Waals surface area contributed by atoms with Gasteiger partial charge in [0.15, 0.2) is 5.69 Å². The summed E-state index contributed by atoms with van der Waals surface area (Å²) in [7, 11) is 1.78. The maximum absolute atomic E-state index is 12.1. The summed E-state index contributed by atoms with van der Waals surface area (Å²) in [4.78, 5) is 14.4. The first kappa shape index (κ1) is 15.7. The van der Waals surface area contributed by atoms with Crippen molar-refractivity contribution in [1.82, 2.24) is 35.7 Å². The molecule has 0 bridgehead atoms. The van der Waals surface area contributed by atoms with Crippen LogP contribution in [0.3, 0.4) is 0 Å². The maximum atomic E-state index is 12.1. The average molecular weight is 349 g/mol. The SMILES string of the molecule is Cc1ccc(-c2cc(C(=O)NCCSc3nnnn3C)n[nH]2)s1. The minimum absolute atomic E-state index is 0.197. The van der Waals surface area contributed by atoms with Crippen molar-refractivity contribution in [3.8, 4) is 10.6 Å². The molecule has 3 heterocycles. The van der Waals surface area contributed by atoms with Crippen molar-refractivity contribution in [2.24, 2.45) is 7.05 Å². The van der Waals surface area contributed by atoms with Crippen LogP contribution >= 0.6 is 23.1 Å². The molecular weight excluding hydrogens is 334 g/mol. The summed E-state index contributed by atoms with van der Waals surface area (Å²) >= 11 is 3.14. The van der Waals surface area contributed by atoms with E-state index in [-0.39, 0.29) is 5.91 Å². The van der Waals surface area contributed by atoms with Crippen LogP contribution in [0, 0.1) is 6.92 Å². The second-order valence-corrected chi connectivity index (χ2v) is 7.12.